The monoisotopic (exact) mass is 240 g/mol. The highest BCUT2D eigenvalue weighted by Crippen LogP contribution is 2.18. The van der Waals surface area contributed by atoms with E-state index < -0.39 is 11.7 Å². The number of carbonyl (C=O) groups is 1. The summed E-state index contributed by atoms with van der Waals surface area (Å²) in [6.07, 6.45) is 0. The summed E-state index contributed by atoms with van der Waals surface area (Å²) in [5.41, 5.74) is 0.00193. The maximum absolute atomic E-state index is 13.2. The van der Waals surface area contributed by atoms with Gasteiger partial charge in [0.25, 0.3) is 0 Å². The van der Waals surface area contributed by atoms with Crippen LogP contribution in [0.15, 0.2) is 18.2 Å². The van der Waals surface area contributed by atoms with Gasteiger partial charge in [-0.1, -0.05) is 13.0 Å². The highest BCUT2D eigenvalue weighted by molar-refractivity contribution is 6.19. The second kappa shape index (κ2) is 5.47. The Kier molecular flexibility index (Phi) is 4.27. The van der Waals surface area contributed by atoms with Crippen LogP contribution in [0.5, 0.6) is 0 Å². The summed E-state index contributed by atoms with van der Waals surface area (Å²) in [7, 11) is 0. The molecule has 1 N–H and O–H groups in total. The van der Waals surface area contributed by atoms with Crippen molar-refractivity contribution in [2.45, 2.75) is 6.92 Å². The highest BCUT2D eigenvalue weighted by Gasteiger charge is 2.15. The Morgan fingerprint density at radius 2 is 2.38 bits per heavy atom. The summed E-state index contributed by atoms with van der Waals surface area (Å²) in [5.74, 6) is -1.21. The number of halogens is 2. The maximum Gasteiger partial charge on any atom is 0.228 e. The van der Waals surface area contributed by atoms with E-state index in [1.165, 1.54) is 18.2 Å². The van der Waals surface area contributed by atoms with Crippen molar-refractivity contribution in [3.05, 3.63) is 29.6 Å². The highest BCUT2D eigenvalue weighted by atomic mass is 35.5. The van der Waals surface area contributed by atoms with Crippen molar-refractivity contribution in [3.8, 4) is 6.07 Å². The minimum absolute atomic E-state index is 0.169. The molecule has 0 saturated carbocycles. The zero-order valence-electron chi connectivity index (χ0n) is 8.63. The van der Waals surface area contributed by atoms with Gasteiger partial charge in [0.05, 0.1) is 5.69 Å². The maximum atomic E-state index is 13.2. The van der Waals surface area contributed by atoms with Crippen molar-refractivity contribution < 1.29 is 9.18 Å². The van der Waals surface area contributed by atoms with Crippen molar-refractivity contribution in [1.29, 1.82) is 5.26 Å². The molecule has 0 bridgehead atoms. The normalized spacial score (nSPS) is 11.6. The van der Waals surface area contributed by atoms with Crippen molar-refractivity contribution in [2.24, 2.45) is 5.92 Å². The molecule has 0 aliphatic carbocycles. The first-order chi connectivity index (χ1) is 7.60. The summed E-state index contributed by atoms with van der Waals surface area (Å²) < 4.78 is 13.2. The standard InChI is InChI=1S/C11H10ClFN2O/c1-7(5-12)11(16)15-10-4-2-3-9(13)8(10)6-14/h2-4,7H,5H2,1H3,(H,15,16). The predicted octanol–water partition coefficient (Wildman–Crippen LogP) is 2.51. The molecule has 5 heteroatoms. The second-order valence-corrected chi connectivity index (χ2v) is 3.63. The van der Waals surface area contributed by atoms with Gasteiger partial charge in [0, 0.05) is 11.8 Å². The first-order valence-corrected chi connectivity index (χ1v) is 5.19. The lowest BCUT2D eigenvalue weighted by Crippen LogP contribution is -2.22. The number of anilines is 1. The van der Waals surface area contributed by atoms with E-state index in [1.54, 1.807) is 13.0 Å². The fourth-order valence-electron chi connectivity index (χ4n) is 1.07. The summed E-state index contributed by atoms with van der Waals surface area (Å²) >= 11 is 5.52. The quantitative estimate of drug-likeness (QED) is 0.826. The molecule has 16 heavy (non-hydrogen) atoms. The lowest BCUT2D eigenvalue weighted by atomic mass is 10.1. The van der Waals surface area contributed by atoms with Crippen molar-refractivity contribution in [1.82, 2.24) is 0 Å². The van der Waals surface area contributed by atoms with Gasteiger partial charge in [-0.05, 0) is 12.1 Å². The number of carbonyl (C=O) groups excluding carboxylic acids is 1. The molecular weight excluding hydrogens is 231 g/mol. The van der Waals surface area contributed by atoms with E-state index in [1.807, 2.05) is 0 Å². The number of hydrogen-bond acceptors (Lipinski definition) is 2. The molecule has 0 heterocycles. The Morgan fingerprint density at radius 3 is 2.94 bits per heavy atom. The smallest absolute Gasteiger partial charge is 0.228 e. The van der Waals surface area contributed by atoms with Gasteiger partial charge in [-0.25, -0.2) is 4.39 Å². The largest absolute Gasteiger partial charge is 0.325 e. The Morgan fingerprint density at radius 1 is 1.69 bits per heavy atom. The number of nitrogens with one attached hydrogen (secondary N) is 1. The molecule has 1 unspecified atom stereocenters. The molecule has 0 radical (unpaired) electrons. The van der Waals surface area contributed by atoms with Crippen molar-refractivity contribution >= 4 is 23.2 Å². The summed E-state index contributed by atoms with van der Waals surface area (Å²) in [6, 6.07) is 5.77. The lowest BCUT2D eigenvalue weighted by molar-refractivity contribution is -0.118. The number of benzene rings is 1. The van der Waals surface area contributed by atoms with E-state index in [0.29, 0.717) is 0 Å². The first kappa shape index (κ1) is 12.5. The van der Waals surface area contributed by atoms with Crippen LogP contribution in [0, 0.1) is 23.1 Å². The third-order valence-electron chi connectivity index (χ3n) is 2.06. The van der Waals surface area contributed by atoms with E-state index in [2.05, 4.69) is 5.32 Å². The van der Waals surface area contributed by atoms with Crippen molar-refractivity contribution in [3.63, 3.8) is 0 Å². The molecule has 0 saturated heterocycles. The molecular formula is C11H10ClFN2O. The minimum Gasteiger partial charge on any atom is -0.325 e. The van der Waals surface area contributed by atoms with Gasteiger partial charge in [0.2, 0.25) is 5.91 Å². The van der Waals surface area contributed by atoms with Crippen LogP contribution in [0.2, 0.25) is 0 Å². The van der Waals surface area contributed by atoms with Crippen LogP contribution >= 0.6 is 11.6 Å². The molecule has 1 atom stereocenters. The van der Waals surface area contributed by atoms with Crippen LogP contribution in [0.1, 0.15) is 12.5 Å². The third-order valence-corrected chi connectivity index (χ3v) is 2.53. The summed E-state index contributed by atoms with van der Waals surface area (Å²) in [4.78, 5) is 11.5. The second-order valence-electron chi connectivity index (χ2n) is 3.32. The summed E-state index contributed by atoms with van der Waals surface area (Å²) in [5, 5.41) is 11.2. The molecule has 0 spiro atoms. The van der Waals surface area contributed by atoms with Crippen LogP contribution in [0.4, 0.5) is 10.1 Å². The van der Waals surface area contributed by atoms with Crippen LogP contribution in [-0.2, 0) is 4.79 Å². The Hall–Kier alpha value is -1.60. The SMILES string of the molecule is CC(CCl)C(=O)Nc1cccc(F)c1C#N. The zero-order valence-corrected chi connectivity index (χ0v) is 9.38. The number of amides is 1. The van der Waals surface area contributed by atoms with E-state index in [9.17, 15) is 9.18 Å². The topological polar surface area (TPSA) is 52.9 Å². The average Bonchev–Trinajstić information content (AvgIpc) is 2.28. The van der Waals surface area contributed by atoms with Gasteiger partial charge in [-0.3, -0.25) is 4.79 Å². The molecule has 1 amide bonds. The average molecular weight is 241 g/mol. The van der Waals surface area contributed by atoms with Crippen LogP contribution in [-0.4, -0.2) is 11.8 Å². The predicted molar refractivity (Wildman–Crippen MR) is 59.6 cm³/mol. The van der Waals surface area contributed by atoms with Crippen molar-refractivity contribution in [2.75, 3.05) is 11.2 Å². The molecule has 3 nitrogen and oxygen atoms in total. The fraction of sp³-hybridized carbons (Fsp3) is 0.273. The Labute approximate surface area is 97.8 Å². The number of nitrogens with zero attached hydrogens (tertiary/aromatic N) is 1. The van der Waals surface area contributed by atoms with Crippen LogP contribution < -0.4 is 5.32 Å². The van der Waals surface area contributed by atoms with E-state index in [-0.39, 0.29) is 23.0 Å². The first-order valence-electron chi connectivity index (χ1n) is 4.65. The Balaban J connectivity index is 2.94. The van der Waals surface area contributed by atoms with Gasteiger partial charge < -0.3 is 5.32 Å². The zero-order chi connectivity index (χ0) is 12.1. The number of nitriles is 1. The Bertz CT molecular complexity index is 442. The molecule has 1 aromatic carbocycles. The van der Waals surface area contributed by atoms with E-state index >= 15 is 0 Å². The molecule has 84 valence electrons. The van der Waals surface area contributed by atoms with E-state index in [0.717, 1.165) is 0 Å². The molecule has 0 aromatic heterocycles. The summed E-state index contributed by atoms with van der Waals surface area (Å²) in [6.45, 7) is 1.65. The number of alkyl halides is 1. The minimum atomic E-state index is -0.654. The van der Waals surface area contributed by atoms with Gasteiger partial charge >= 0.3 is 0 Å². The van der Waals surface area contributed by atoms with Gasteiger partial charge in [0.15, 0.2) is 0 Å². The molecule has 1 aromatic rings. The van der Waals surface area contributed by atoms with Gasteiger partial charge in [0.1, 0.15) is 17.4 Å². The van der Waals surface area contributed by atoms with E-state index in [4.69, 9.17) is 16.9 Å². The molecule has 0 aliphatic rings. The number of rotatable bonds is 3. The van der Waals surface area contributed by atoms with Crippen LogP contribution in [0.25, 0.3) is 0 Å². The fourth-order valence-corrected chi connectivity index (χ4v) is 1.21. The molecule has 1 rings (SSSR count). The molecule has 0 aliphatic heterocycles. The van der Waals surface area contributed by atoms with Gasteiger partial charge in [-0.2, -0.15) is 5.26 Å². The molecule has 0 fully saturated rings. The number of hydrogen-bond donors (Lipinski definition) is 1. The third kappa shape index (κ3) is 2.71. The lowest BCUT2D eigenvalue weighted by Gasteiger charge is -2.10. The van der Waals surface area contributed by atoms with Crippen LogP contribution in [0.3, 0.4) is 0 Å². The van der Waals surface area contributed by atoms with Gasteiger partial charge in [-0.15, -0.1) is 11.6 Å².